The molecule has 0 aromatic heterocycles. The maximum Gasteiger partial charge on any atom is 0.573 e. The number of aliphatic hydroxyl groups is 2. The van der Waals surface area contributed by atoms with Crippen molar-refractivity contribution >= 4 is 16.1 Å². The van der Waals surface area contributed by atoms with E-state index in [4.69, 9.17) is 0 Å². The Balaban J connectivity index is 1.14. The number of fused-ring (bicyclic) bond motifs is 5. The van der Waals surface area contributed by atoms with Crippen LogP contribution in [-0.2, 0) is 10.0 Å². The number of hydrogen-bond donors (Lipinski definition) is 4. The predicted octanol–water partition coefficient (Wildman–Crippen LogP) is 6.62. The van der Waals surface area contributed by atoms with Gasteiger partial charge in [0.15, 0.2) is 0 Å². The topological polar surface area (TPSA) is 125 Å². The van der Waals surface area contributed by atoms with Gasteiger partial charge in [-0.25, -0.2) is 17.9 Å². The van der Waals surface area contributed by atoms with Crippen molar-refractivity contribution in [2.45, 2.75) is 115 Å². The van der Waals surface area contributed by atoms with Gasteiger partial charge in [0.2, 0.25) is 0 Å². The molecule has 46 heavy (non-hydrogen) atoms. The highest BCUT2D eigenvalue weighted by Gasteiger charge is 2.64. The highest BCUT2D eigenvalue weighted by Crippen LogP contribution is 2.69. The average Bonchev–Trinajstić information content (AvgIpc) is 3.33. The Morgan fingerprint density at radius 1 is 1.02 bits per heavy atom. The van der Waals surface area contributed by atoms with Crippen LogP contribution in [0.15, 0.2) is 29.2 Å². The maximum atomic E-state index is 12.5. The van der Waals surface area contributed by atoms with Crippen LogP contribution in [0.25, 0.3) is 0 Å². The van der Waals surface area contributed by atoms with Crippen molar-refractivity contribution < 1.29 is 41.3 Å². The number of nitrogens with one attached hydrogen (secondary N) is 2. The molecule has 4 aliphatic rings. The van der Waals surface area contributed by atoms with E-state index in [2.05, 4.69) is 37.7 Å². The van der Waals surface area contributed by atoms with Crippen molar-refractivity contribution in [2.24, 2.45) is 52.3 Å². The number of urea groups is 1. The summed E-state index contributed by atoms with van der Waals surface area (Å²) in [5, 5.41) is 25.0. The number of carbonyl (C=O) groups excluding carboxylic acids is 1. The van der Waals surface area contributed by atoms with Crippen LogP contribution in [0.5, 0.6) is 5.75 Å². The van der Waals surface area contributed by atoms with Crippen LogP contribution in [0.1, 0.15) is 91.9 Å². The molecule has 0 saturated heterocycles. The summed E-state index contributed by atoms with van der Waals surface area (Å²) in [5.74, 6) is 2.18. The number of carbonyl (C=O) groups is 1. The van der Waals surface area contributed by atoms with E-state index in [0.29, 0.717) is 36.0 Å². The van der Waals surface area contributed by atoms with Crippen LogP contribution in [0.4, 0.5) is 18.0 Å². The Morgan fingerprint density at radius 2 is 1.67 bits per heavy atom. The van der Waals surface area contributed by atoms with Crippen molar-refractivity contribution in [1.29, 1.82) is 0 Å². The molecule has 4 aliphatic carbocycles. The minimum atomic E-state index is -4.90. The Morgan fingerprint density at radius 3 is 2.33 bits per heavy atom. The third-order valence-electron chi connectivity index (χ3n) is 12.9. The maximum absolute atomic E-state index is 12.5. The second kappa shape index (κ2) is 13.1. The first-order chi connectivity index (χ1) is 21.5. The van der Waals surface area contributed by atoms with Gasteiger partial charge in [-0.2, -0.15) is 0 Å². The van der Waals surface area contributed by atoms with Crippen molar-refractivity contribution in [3.63, 3.8) is 0 Å². The molecule has 1 aromatic rings. The summed E-state index contributed by atoms with van der Waals surface area (Å²) in [4.78, 5) is 12.0. The fourth-order valence-corrected chi connectivity index (χ4v) is 11.7. The van der Waals surface area contributed by atoms with Gasteiger partial charge in [-0.15, -0.1) is 13.2 Å². The summed E-state index contributed by atoms with van der Waals surface area (Å²) in [5.41, 5.74) is 0.302. The molecular formula is C34H51F3N2O6S. The first-order valence-electron chi connectivity index (χ1n) is 17.0. The van der Waals surface area contributed by atoms with Crippen LogP contribution in [0, 0.1) is 52.3 Å². The molecule has 4 fully saturated rings. The second-order valence-corrected chi connectivity index (χ2v) is 16.8. The zero-order valence-electron chi connectivity index (χ0n) is 27.4. The Kier molecular flexibility index (Phi) is 10.0. The molecular weight excluding hydrogens is 621 g/mol. The van der Waals surface area contributed by atoms with E-state index in [0.717, 1.165) is 82.1 Å². The largest absolute Gasteiger partial charge is 0.573 e. The van der Waals surface area contributed by atoms with Crippen LogP contribution < -0.4 is 14.8 Å². The highest BCUT2D eigenvalue weighted by atomic mass is 32.2. The zero-order chi connectivity index (χ0) is 33.7. The number of rotatable bonds is 9. The van der Waals surface area contributed by atoms with E-state index in [9.17, 15) is 36.6 Å². The van der Waals surface area contributed by atoms with Gasteiger partial charge in [-0.05, 0) is 134 Å². The zero-order valence-corrected chi connectivity index (χ0v) is 28.2. The Labute approximate surface area is 271 Å². The summed E-state index contributed by atoms with van der Waals surface area (Å²) >= 11 is 0. The number of hydrogen-bond acceptors (Lipinski definition) is 6. The lowest BCUT2D eigenvalue weighted by atomic mass is 9.41. The van der Waals surface area contributed by atoms with E-state index in [1.165, 1.54) is 0 Å². The van der Waals surface area contributed by atoms with Gasteiger partial charge in [0.1, 0.15) is 5.75 Å². The fraction of sp³-hybridized carbons (Fsp3) is 0.794. The van der Waals surface area contributed by atoms with E-state index in [1.807, 2.05) is 4.72 Å². The minimum absolute atomic E-state index is 0.136. The average molecular weight is 673 g/mol. The van der Waals surface area contributed by atoms with Crippen LogP contribution in [-0.4, -0.2) is 49.8 Å². The van der Waals surface area contributed by atoms with Crippen molar-refractivity contribution in [3.05, 3.63) is 24.3 Å². The fourth-order valence-electron chi connectivity index (χ4n) is 10.8. The van der Waals surface area contributed by atoms with Gasteiger partial charge < -0.3 is 20.3 Å². The number of ether oxygens (including phenoxy) is 1. The molecule has 0 radical (unpaired) electrons. The summed E-state index contributed by atoms with van der Waals surface area (Å²) in [6, 6.07) is 2.73. The molecule has 0 bridgehead atoms. The predicted molar refractivity (Wildman–Crippen MR) is 167 cm³/mol. The van der Waals surface area contributed by atoms with Gasteiger partial charge in [-0.3, -0.25) is 0 Å². The summed E-state index contributed by atoms with van der Waals surface area (Å²) in [6.45, 7) is 9.63. The SMILES string of the molecule is CC[C@H]1[C@@H](O)[C@H]2[C@@H]3CC[C@H]([C@H](C)CCCNC(=O)NS(=O)(=O)c4ccc(OC(F)(F)F)cc4)C3(C)CC[C@@H]2[C@@]2(C)CC[C@@H](O)C[C@@H]12. The number of aliphatic hydroxyl groups excluding tert-OH is 2. The smallest absolute Gasteiger partial charge is 0.406 e. The lowest BCUT2D eigenvalue weighted by Crippen LogP contribution is -2.62. The number of alkyl halides is 3. The summed E-state index contributed by atoms with van der Waals surface area (Å²) in [7, 11) is -4.27. The Hall–Kier alpha value is -2.05. The van der Waals surface area contributed by atoms with Crippen molar-refractivity contribution in [1.82, 2.24) is 10.0 Å². The third kappa shape index (κ3) is 6.77. The number of halogens is 3. The Bertz CT molecular complexity index is 1340. The number of amides is 2. The molecule has 260 valence electrons. The van der Waals surface area contributed by atoms with Crippen LogP contribution >= 0.6 is 0 Å². The van der Waals surface area contributed by atoms with Gasteiger partial charge in [0.25, 0.3) is 10.0 Å². The molecule has 4 saturated carbocycles. The minimum Gasteiger partial charge on any atom is -0.406 e. The van der Waals surface area contributed by atoms with Crippen molar-refractivity contribution in [2.75, 3.05) is 6.54 Å². The molecule has 5 rings (SSSR count). The molecule has 8 nitrogen and oxygen atoms in total. The molecule has 0 aliphatic heterocycles. The van der Waals surface area contributed by atoms with Gasteiger partial charge >= 0.3 is 12.4 Å². The summed E-state index contributed by atoms with van der Waals surface area (Å²) < 4.78 is 67.9. The third-order valence-corrected chi connectivity index (χ3v) is 14.2. The highest BCUT2D eigenvalue weighted by molar-refractivity contribution is 7.90. The van der Waals surface area contributed by atoms with Crippen LogP contribution in [0.2, 0.25) is 0 Å². The molecule has 2 amide bonds. The molecule has 1 unspecified atom stereocenters. The lowest BCUT2D eigenvalue weighted by Gasteiger charge is -2.64. The van der Waals surface area contributed by atoms with E-state index >= 15 is 0 Å². The monoisotopic (exact) mass is 672 g/mol. The van der Waals surface area contributed by atoms with E-state index in [1.54, 1.807) is 0 Å². The number of benzene rings is 1. The van der Waals surface area contributed by atoms with E-state index in [-0.39, 0.29) is 46.3 Å². The van der Waals surface area contributed by atoms with Gasteiger partial charge in [0.05, 0.1) is 17.1 Å². The quantitative estimate of drug-likeness (QED) is 0.219. The first kappa shape index (κ1) is 35.3. The van der Waals surface area contributed by atoms with E-state index < -0.39 is 28.2 Å². The number of sulfonamides is 1. The molecule has 0 heterocycles. The molecule has 1 aromatic carbocycles. The first-order valence-corrected chi connectivity index (χ1v) is 18.5. The van der Waals surface area contributed by atoms with Gasteiger partial charge in [0, 0.05) is 6.54 Å². The molecule has 11 atom stereocenters. The normalized spacial score (nSPS) is 38.2. The molecule has 4 N–H and O–H groups in total. The van der Waals surface area contributed by atoms with Crippen LogP contribution in [0.3, 0.4) is 0 Å². The second-order valence-electron chi connectivity index (χ2n) is 15.1. The van der Waals surface area contributed by atoms with Gasteiger partial charge in [-0.1, -0.05) is 34.1 Å². The standard InChI is InChI=1S/C34H51F3N2O6S/c1-5-24-28-19-21(40)14-16-33(28,4)27-15-17-32(3)25(12-13-26(32)29(27)30(24)41)20(2)7-6-18-38-31(42)39-46(43,44)23-10-8-22(9-11-23)45-34(35,36)37/h8-11,20-21,24-30,40-41H,5-7,12-19H2,1-4H3,(H2,38,39,42)/t20-,21-,24-,25-,26+,27+,28+,29+,30-,32?,33-/m1/s1. The van der Waals surface area contributed by atoms with Crippen molar-refractivity contribution in [3.8, 4) is 5.75 Å². The summed E-state index contributed by atoms with van der Waals surface area (Å²) in [6.07, 6.45) is 4.19. The molecule has 0 spiro atoms. The molecule has 12 heteroatoms. The lowest BCUT2D eigenvalue weighted by molar-refractivity contribution is -0.274.